The van der Waals surface area contributed by atoms with Gasteiger partial charge in [0, 0.05) is 18.6 Å². The van der Waals surface area contributed by atoms with Gasteiger partial charge in [-0.25, -0.2) is 0 Å². The summed E-state index contributed by atoms with van der Waals surface area (Å²) < 4.78 is 66.4. The Balaban J connectivity index is 1.79. The van der Waals surface area contributed by atoms with E-state index in [1.165, 1.54) is 12.1 Å². The van der Waals surface area contributed by atoms with E-state index in [0.29, 0.717) is 35.3 Å². The van der Waals surface area contributed by atoms with Crippen LogP contribution in [0.25, 0.3) is 0 Å². The highest BCUT2D eigenvalue weighted by atomic mass is 35.5. The second-order valence-electron chi connectivity index (χ2n) is 5.93. The van der Waals surface area contributed by atoms with E-state index in [1.807, 2.05) is 0 Å². The Bertz CT molecular complexity index is 810. The van der Waals surface area contributed by atoms with Crippen LogP contribution < -0.4 is 14.2 Å². The van der Waals surface area contributed by atoms with Gasteiger partial charge >= 0.3 is 6.18 Å². The Kier molecular flexibility index (Phi) is 8.46. The first-order chi connectivity index (χ1) is 13.7. The molecule has 2 aromatic rings. The predicted octanol–water partition coefficient (Wildman–Crippen LogP) is 6.94. The Morgan fingerprint density at radius 3 is 2.24 bits per heavy atom. The average Bonchev–Trinajstić information content (AvgIpc) is 2.62. The zero-order valence-corrected chi connectivity index (χ0v) is 16.9. The van der Waals surface area contributed by atoms with E-state index in [1.54, 1.807) is 19.1 Å². The molecule has 2 aromatic carbocycles. The zero-order valence-electron chi connectivity index (χ0n) is 15.4. The number of benzene rings is 2. The van der Waals surface area contributed by atoms with Crippen LogP contribution in [-0.4, -0.2) is 19.8 Å². The third-order valence-electron chi connectivity index (χ3n) is 3.68. The van der Waals surface area contributed by atoms with Gasteiger partial charge in [-0.1, -0.05) is 23.2 Å². The molecule has 0 saturated heterocycles. The van der Waals surface area contributed by atoms with Gasteiger partial charge in [-0.15, -0.1) is 0 Å². The highest BCUT2D eigenvalue weighted by Gasteiger charge is 2.29. The van der Waals surface area contributed by atoms with Crippen LogP contribution in [0.2, 0.25) is 5.02 Å². The van der Waals surface area contributed by atoms with Crippen LogP contribution in [-0.2, 0) is 6.18 Å². The number of hydrogen-bond acceptors (Lipinski definition) is 3. The maximum Gasteiger partial charge on any atom is 0.416 e. The first-order valence-electron chi connectivity index (χ1n) is 8.54. The molecule has 29 heavy (non-hydrogen) atoms. The molecule has 0 aliphatic heterocycles. The third kappa shape index (κ3) is 7.66. The molecule has 0 fully saturated rings. The number of alkyl halides is 3. The Labute approximate surface area is 175 Å². The lowest BCUT2D eigenvalue weighted by Crippen LogP contribution is -2.07. The lowest BCUT2D eigenvalue weighted by molar-refractivity contribution is -0.137. The van der Waals surface area contributed by atoms with Gasteiger partial charge in [0.05, 0.1) is 23.8 Å². The van der Waals surface area contributed by atoms with Crippen molar-refractivity contribution < 1.29 is 31.8 Å². The van der Waals surface area contributed by atoms with Gasteiger partial charge in [0.25, 0.3) is 0 Å². The molecule has 0 bridgehead atoms. The topological polar surface area (TPSA) is 27.7 Å². The van der Waals surface area contributed by atoms with Crippen molar-refractivity contribution in [2.45, 2.75) is 19.5 Å². The lowest BCUT2D eigenvalue weighted by atomic mass is 10.2. The summed E-state index contributed by atoms with van der Waals surface area (Å²) in [5, 5.41) is -0.523. The minimum Gasteiger partial charge on any atom is -0.493 e. The SMILES string of the molecule is Cc1cc(OC/C=C(/F)Cl)cc(Cl)c1OCCCOc1ccc(C(F)(F)F)cc1. The Morgan fingerprint density at radius 2 is 1.66 bits per heavy atom. The summed E-state index contributed by atoms with van der Waals surface area (Å²) in [6, 6.07) is 7.72. The van der Waals surface area contributed by atoms with E-state index < -0.39 is 17.0 Å². The Morgan fingerprint density at radius 1 is 1.00 bits per heavy atom. The summed E-state index contributed by atoms with van der Waals surface area (Å²) >= 11 is 11.3. The van der Waals surface area contributed by atoms with Crippen LogP contribution in [0.5, 0.6) is 17.2 Å². The molecule has 0 saturated carbocycles. The summed E-state index contributed by atoms with van der Waals surface area (Å²) in [5.41, 5.74) is 0.000948. The maximum atomic E-state index is 12.5. The van der Waals surface area contributed by atoms with Crippen molar-refractivity contribution in [2.75, 3.05) is 19.8 Å². The van der Waals surface area contributed by atoms with E-state index >= 15 is 0 Å². The minimum absolute atomic E-state index is 0.0351. The number of aryl methyl sites for hydroxylation is 1. The molecule has 0 heterocycles. The molecular formula is C20H18Cl2F4O3. The van der Waals surface area contributed by atoms with Crippen LogP contribution in [0.15, 0.2) is 47.8 Å². The number of rotatable bonds is 9. The summed E-state index contributed by atoms with van der Waals surface area (Å²) in [6.07, 6.45) is -2.80. The van der Waals surface area contributed by atoms with Crippen molar-refractivity contribution in [3.63, 3.8) is 0 Å². The van der Waals surface area contributed by atoms with Gasteiger partial charge in [0.1, 0.15) is 23.9 Å². The second kappa shape index (κ2) is 10.6. The van der Waals surface area contributed by atoms with Gasteiger partial charge in [-0.2, -0.15) is 17.6 Å². The smallest absolute Gasteiger partial charge is 0.416 e. The molecule has 0 atom stereocenters. The minimum atomic E-state index is -4.37. The molecule has 0 N–H and O–H groups in total. The normalized spacial score (nSPS) is 12.0. The Hall–Kier alpha value is -2.12. The quantitative estimate of drug-likeness (QED) is 0.304. The van der Waals surface area contributed by atoms with Crippen LogP contribution in [0, 0.1) is 6.92 Å². The van der Waals surface area contributed by atoms with Crippen molar-refractivity contribution in [3.8, 4) is 17.2 Å². The molecule has 3 nitrogen and oxygen atoms in total. The van der Waals surface area contributed by atoms with Crippen molar-refractivity contribution in [3.05, 3.63) is 63.9 Å². The first kappa shape index (κ1) is 23.2. The summed E-state index contributed by atoms with van der Waals surface area (Å²) in [5.74, 6) is 1.27. The van der Waals surface area contributed by atoms with Crippen molar-refractivity contribution in [1.29, 1.82) is 0 Å². The van der Waals surface area contributed by atoms with Gasteiger partial charge in [-0.3, -0.25) is 0 Å². The summed E-state index contributed by atoms with van der Waals surface area (Å²) in [4.78, 5) is 0. The molecule has 2 rings (SSSR count). The van der Waals surface area contributed by atoms with E-state index in [-0.39, 0.29) is 13.2 Å². The van der Waals surface area contributed by atoms with Crippen LogP contribution in [0.4, 0.5) is 17.6 Å². The van der Waals surface area contributed by atoms with E-state index in [9.17, 15) is 17.6 Å². The first-order valence-corrected chi connectivity index (χ1v) is 9.29. The lowest BCUT2D eigenvalue weighted by Gasteiger charge is -2.14. The monoisotopic (exact) mass is 452 g/mol. The fraction of sp³-hybridized carbons (Fsp3) is 0.300. The van der Waals surface area contributed by atoms with Crippen molar-refractivity contribution in [1.82, 2.24) is 0 Å². The van der Waals surface area contributed by atoms with Gasteiger partial charge in [0.15, 0.2) is 5.29 Å². The van der Waals surface area contributed by atoms with Crippen molar-refractivity contribution in [2.24, 2.45) is 0 Å². The summed E-state index contributed by atoms with van der Waals surface area (Å²) in [7, 11) is 0. The molecule has 0 radical (unpaired) electrons. The van der Waals surface area contributed by atoms with Gasteiger partial charge < -0.3 is 14.2 Å². The van der Waals surface area contributed by atoms with Gasteiger partial charge in [0.2, 0.25) is 0 Å². The van der Waals surface area contributed by atoms with Crippen molar-refractivity contribution >= 4 is 23.2 Å². The molecular weight excluding hydrogens is 435 g/mol. The van der Waals surface area contributed by atoms with Gasteiger partial charge in [-0.05, 0) is 42.8 Å². The highest BCUT2D eigenvalue weighted by molar-refractivity contribution is 6.32. The predicted molar refractivity (Wildman–Crippen MR) is 104 cm³/mol. The standard InChI is InChI=1S/C20H18Cl2F4O3/c1-13-11-16(28-10-7-18(22)23)12-17(21)19(13)29-9-2-8-27-15-5-3-14(4-6-15)20(24,25)26/h3-7,11-12H,2,8-10H2,1H3/b18-7+. The molecule has 0 amide bonds. The highest BCUT2D eigenvalue weighted by Crippen LogP contribution is 2.33. The second-order valence-corrected chi connectivity index (χ2v) is 6.70. The largest absolute Gasteiger partial charge is 0.493 e. The van der Waals surface area contributed by atoms with Crippen LogP contribution in [0.1, 0.15) is 17.5 Å². The number of halogens is 6. The molecule has 9 heteroatoms. The van der Waals surface area contributed by atoms with Crippen LogP contribution >= 0.6 is 23.2 Å². The fourth-order valence-corrected chi connectivity index (χ4v) is 2.70. The van der Waals surface area contributed by atoms with Crippen LogP contribution in [0.3, 0.4) is 0 Å². The molecule has 0 spiro atoms. The summed E-state index contributed by atoms with van der Waals surface area (Å²) in [6.45, 7) is 2.30. The molecule has 0 aliphatic rings. The molecule has 0 aliphatic carbocycles. The van der Waals surface area contributed by atoms with E-state index in [0.717, 1.165) is 23.8 Å². The average molecular weight is 453 g/mol. The van der Waals surface area contributed by atoms with E-state index in [2.05, 4.69) is 0 Å². The maximum absolute atomic E-state index is 12.5. The zero-order chi connectivity index (χ0) is 21.4. The number of hydrogen-bond donors (Lipinski definition) is 0. The van der Waals surface area contributed by atoms with E-state index in [4.69, 9.17) is 37.4 Å². The molecule has 0 unspecified atom stereocenters. The fourth-order valence-electron chi connectivity index (χ4n) is 2.33. The molecule has 0 aromatic heterocycles. The number of ether oxygens (including phenoxy) is 3. The third-order valence-corrected chi connectivity index (χ3v) is 4.11. The molecule has 158 valence electrons.